The summed E-state index contributed by atoms with van der Waals surface area (Å²) < 4.78 is 13.6. The van der Waals surface area contributed by atoms with Gasteiger partial charge in [-0.3, -0.25) is 4.79 Å². The molecular weight excluding hydrogens is 414 g/mol. The van der Waals surface area contributed by atoms with Crippen LogP contribution in [0.1, 0.15) is 36.0 Å². The minimum atomic E-state index is -1.40. The number of benzene rings is 3. The molecule has 0 unspecified atom stereocenters. The van der Waals surface area contributed by atoms with Gasteiger partial charge in [0.2, 0.25) is 0 Å². The van der Waals surface area contributed by atoms with Gasteiger partial charge in [0.25, 0.3) is 0 Å². The molecule has 2 aliphatic rings. The average molecular weight is 438 g/mol. The summed E-state index contributed by atoms with van der Waals surface area (Å²) in [4.78, 5) is 13.8. The van der Waals surface area contributed by atoms with Crippen molar-refractivity contribution in [3.05, 3.63) is 107 Å². The van der Waals surface area contributed by atoms with E-state index in [1.807, 2.05) is 73.7 Å². The van der Waals surface area contributed by atoms with Crippen molar-refractivity contribution >= 4 is 16.6 Å². The van der Waals surface area contributed by atoms with E-state index in [1.165, 1.54) is 0 Å². The van der Waals surface area contributed by atoms with E-state index in [9.17, 15) is 14.3 Å². The molecule has 4 heteroatoms. The van der Waals surface area contributed by atoms with E-state index < -0.39 is 21.6 Å². The number of aryl methyl sites for hydroxylation is 1. The highest BCUT2D eigenvalue weighted by molar-refractivity contribution is 7.85. The maximum absolute atomic E-state index is 13.6. The third-order valence-electron chi connectivity index (χ3n) is 6.90. The van der Waals surface area contributed by atoms with Crippen LogP contribution in [0.4, 0.5) is 0 Å². The summed E-state index contributed by atoms with van der Waals surface area (Å²) in [5.41, 5.74) is 2.71. The Kier molecular flexibility index (Phi) is 4.95. The fourth-order valence-corrected chi connectivity index (χ4v) is 6.68. The molecule has 0 saturated heterocycles. The van der Waals surface area contributed by atoms with Crippen molar-refractivity contribution < 1.29 is 9.00 Å². The third kappa shape index (κ3) is 3.16. The predicted octanol–water partition coefficient (Wildman–Crippen LogP) is 5.55. The van der Waals surface area contributed by atoms with Gasteiger partial charge in [0.05, 0.1) is 22.3 Å². The van der Waals surface area contributed by atoms with Crippen molar-refractivity contribution in [2.75, 3.05) is 0 Å². The van der Waals surface area contributed by atoms with Gasteiger partial charge < -0.3 is 0 Å². The topological polar surface area (TPSA) is 57.9 Å². The van der Waals surface area contributed by atoms with E-state index in [1.54, 1.807) is 6.08 Å². The minimum absolute atomic E-state index is 0.118. The lowest BCUT2D eigenvalue weighted by molar-refractivity contribution is -0.114. The number of fused-ring (bicyclic) bond motifs is 1. The molecule has 0 amide bonds. The summed E-state index contributed by atoms with van der Waals surface area (Å²) >= 11 is 0. The lowest BCUT2D eigenvalue weighted by Crippen LogP contribution is -2.29. The Hall–Kier alpha value is -3.29. The zero-order valence-corrected chi connectivity index (χ0v) is 18.7. The standard InChI is InChI=1S/C28H23NO2S/c1-20-11-13-24(14-12-20)32(31)26-10-6-5-9-25(26)27(19-29)16-22-15-23(30)17-28(22,18-27)21-7-3-2-4-8-21/h2-15H,16-18H2,1H3/t27-,28-,32+/m1/s1. The van der Waals surface area contributed by atoms with Gasteiger partial charge in [0, 0.05) is 21.6 Å². The van der Waals surface area contributed by atoms with Crippen LogP contribution >= 0.6 is 0 Å². The van der Waals surface area contributed by atoms with Gasteiger partial charge in [-0.15, -0.1) is 0 Å². The number of nitrogens with zero attached hydrogens (tertiary/aromatic N) is 1. The molecule has 1 fully saturated rings. The number of hydrogen-bond acceptors (Lipinski definition) is 3. The van der Waals surface area contributed by atoms with E-state index in [0.29, 0.717) is 24.2 Å². The van der Waals surface area contributed by atoms with E-state index in [4.69, 9.17) is 0 Å². The summed E-state index contributed by atoms with van der Waals surface area (Å²) in [6.45, 7) is 2.00. The summed E-state index contributed by atoms with van der Waals surface area (Å²) in [6, 6.07) is 27.9. The predicted molar refractivity (Wildman–Crippen MR) is 125 cm³/mol. The quantitative estimate of drug-likeness (QED) is 0.537. The maximum atomic E-state index is 13.6. The van der Waals surface area contributed by atoms with Crippen molar-refractivity contribution in [2.24, 2.45) is 0 Å². The van der Waals surface area contributed by atoms with Crippen LogP contribution in [0.15, 0.2) is 100 Å². The first-order chi connectivity index (χ1) is 15.5. The van der Waals surface area contributed by atoms with Gasteiger partial charge >= 0.3 is 0 Å². The van der Waals surface area contributed by atoms with Gasteiger partial charge in [0.15, 0.2) is 5.78 Å². The highest BCUT2D eigenvalue weighted by Gasteiger charge is 2.57. The monoisotopic (exact) mass is 437 g/mol. The molecule has 0 radical (unpaired) electrons. The van der Waals surface area contributed by atoms with E-state index in [-0.39, 0.29) is 5.78 Å². The molecule has 0 spiro atoms. The number of ketones is 1. The van der Waals surface area contributed by atoms with Crippen LogP contribution in [0.3, 0.4) is 0 Å². The van der Waals surface area contributed by atoms with Gasteiger partial charge in [-0.2, -0.15) is 5.26 Å². The zero-order chi connectivity index (χ0) is 22.3. The Morgan fingerprint density at radius 3 is 2.31 bits per heavy atom. The normalized spacial score (nSPS) is 25.1. The number of rotatable bonds is 4. The Morgan fingerprint density at radius 2 is 1.59 bits per heavy atom. The van der Waals surface area contributed by atoms with Crippen LogP contribution < -0.4 is 0 Å². The first-order valence-corrected chi connectivity index (χ1v) is 11.9. The fraction of sp³-hybridized carbons (Fsp3) is 0.214. The molecule has 0 aromatic heterocycles. The third-order valence-corrected chi connectivity index (χ3v) is 8.36. The summed E-state index contributed by atoms with van der Waals surface area (Å²) in [5, 5.41) is 10.5. The molecular formula is C28H23NO2S. The number of carbonyl (C=O) groups is 1. The number of hydrogen-bond donors (Lipinski definition) is 0. The molecule has 3 aromatic rings. The van der Waals surface area contributed by atoms with Crippen LogP contribution in [-0.2, 0) is 26.4 Å². The van der Waals surface area contributed by atoms with Crippen LogP contribution in [0.25, 0.3) is 0 Å². The first-order valence-electron chi connectivity index (χ1n) is 10.8. The molecule has 0 N–H and O–H groups in total. The largest absolute Gasteiger partial charge is 0.295 e. The second-order valence-electron chi connectivity index (χ2n) is 8.89. The van der Waals surface area contributed by atoms with Gasteiger partial charge in [0.1, 0.15) is 0 Å². The van der Waals surface area contributed by atoms with Crippen molar-refractivity contribution in [3.8, 4) is 6.07 Å². The molecule has 2 aliphatic carbocycles. The number of nitriles is 1. The molecule has 0 heterocycles. The zero-order valence-electron chi connectivity index (χ0n) is 17.9. The van der Waals surface area contributed by atoms with Gasteiger partial charge in [-0.1, -0.05) is 71.8 Å². The van der Waals surface area contributed by atoms with Gasteiger partial charge in [-0.25, -0.2) is 4.21 Å². The summed E-state index contributed by atoms with van der Waals surface area (Å²) in [6.07, 6.45) is 3.12. The van der Waals surface area contributed by atoms with Crippen LogP contribution in [-0.4, -0.2) is 9.99 Å². The molecule has 5 rings (SSSR count). The highest BCUT2D eigenvalue weighted by atomic mass is 32.2. The SMILES string of the molecule is Cc1ccc([S@](=O)c2ccccc2[C@]2(C#N)CC3=CC(=O)C[C@]3(c3ccccc3)C2)cc1. The van der Waals surface area contributed by atoms with Crippen LogP contribution in [0.5, 0.6) is 0 Å². The minimum Gasteiger partial charge on any atom is -0.295 e. The molecule has 158 valence electrons. The molecule has 32 heavy (non-hydrogen) atoms. The van der Waals surface area contributed by atoms with Gasteiger partial charge in [-0.05, 0) is 55.2 Å². The Morgan fingerprint density at radius 1 is 0.906 bits per heavy atom. The lowest BCUT2D eigenvalue weighted by Gasteiger charge is -2.30. The smallest absolute Gasteiger partial charge is 0.156 e. The number of carbonyl (C=O) groups excluding carboxylic acids is 1. The first kappa shape index (κ1) is 20.6. The second kappa shape index (κ2) is 7.69. The fourth-order valence-electron chi connectivity index (χ4n) is 5.38. The molecule has 0 aliphatic heterocycles. The van der Waals surface area contributed by atoms with E-state index in [2.05, 4.69) is 18.2 Å². The highest BCUT2D eigenvalue weighted by Crippen LogP contribution is 2.59. The van der Waals surface area contributed by atoms with Crippen molar-refractivity contribution in [2.45, 2.75) is 46.8 Å². The molecule has 1 saturated carbocycles. The average Bonchev–Trinajstić information content (AvgIpc) is 3.31. The van der Waals surface area contributed by atoms with E-state index >= 15 is 0 Å². The summed E-state index contributed by atoms with van der Waals surface area (Å²) in [5.74, 6) is 0.118. The number of allylic oxidation sites excluding steroid dienone is 2. The van der Waals surface area contributed by atoms with Crippen molar-refractivity contribution in [1.29, 1.82) is 5.26 Å². The molecule has 3 aromatic carbocycles. The van der Waals surface area contributed by atoms with E-state index in [0.717, 1.165) is 27.2 Å². The van der Waals surface area contributed by atoms with Crippen LogP contribution in [0, 0.1) is 18.3 Å². The van der Waals surface area contributed by atoms with Crippen molar-refractivity contribution in [3.63, 3.8) is 0 Å². The Labute approximate surface area is 190 Å². The molecule has 3 nitrogen and oxygen atoms in total. The molecule has 3 atom stereocenters. The van der Waals surface area contributed by atoms with Crippen molar-refractivity contribution in [1.82, 2.24) is 0 Å². The Bertz CT molecular complexity index is 1300. The second-order valence-corrected chi connectivity index (χ2v) is 10.3. The summed E-state index contributed by atoms with van der Waals surface area (Å²) in [7, 11) is -1.40. The maximum Gasteiger partial charge on any atom is 0.156 e. The Balaban J connectivity index is 1.63. The lowest BCUT2D eigenvalue weighted by atomic mass is 9.71. The van der Waals surface area contributed by atoms with Crippen LogP contribution in [0.2, 0.25) is 0 Å². The molecule has 0 bridgehead atoms.